The number of rotatable bonds is 1. The summed E-state index contributed by atoms with van der Waals surface area (Å²) in [5.41, 5.74) is -0.148. The van der Waals surface area contributed by atoms with Gasteiger partial charge in [0.25, 0.3) is 0 Å². The van der Waals surface area contributed by atoms with E-state index in [-0.39, 0.29) is 23.5 Å². The minimum atomic E-state index is -1.10. The molecule has 5 heteroatoms. The number of aliphatic hydroxyl groups is 1. The van der Waals surface area contributed by atoms with Crippen molar-refractivity contribution >= 4 is 5.78 Å². The molecule has 2 unspecified atom stereocenters. The summed E-state index contributed by atoms with van der Waals surface area (Å²) in [5.74, 6) is 0.440. The number of Topliss-reactive ketones (excluding diaryl/α,β-unsaturated/α-hetero) is 1. The monoisotopic (exact) mass is 327 g/mol. The van der Waals surface area contributed by atoms with Gasteiger partial charge in [0.1, 0.15) is 5.60 Å². The maximum atomic E-state index is 12.9. The third-order valence-corrected chi connectivity index (χ3v) is 6.71. The predicted octanol–water partition coefficient (Wildman–Crippen LogP) is 1.21. The number of allylic oxidation sites excluding steroid dienone is 1. The molecule has 1 aromatic rings. The van der Waals surface area contributed by atoms with E-state index in [9.17, 15) is 15.0 Å². The molecule has 126 valence electrons. The van der Waals surface area contributed by atoms with Gasteiger partial charge < -0.3 is 20.3 Å². The summed E-state index contributed by atoms with van der Waals surface area (Å²) in [5, 5.41) is 25.6. The topological polar surface area (TPSA) is 78.8 Å². The number of carbonyl (C=O) groups is 1. The lowest BCUT2D eigenvalue weighted by molar-refractivity contribution is -0.139. The van der Waals surface area contributed by atoms with Crippen molar-refractivity contribution in [2.24, 2.45) is 5.92 Å². The molecule has 5 atom stereocenters. The minimum Gasteiger partial charge on any atom is -0.504 e. The van der Waals surface area contributed by atoms with Crippen LogP contribution in [-0.2, 0) is 16.6 Å². The second kappa shape index (κ2) is 4.41. The molecule has 5 nitrogen and oxygen atoms in total. The van der Waals surface area contributed by atoms with Gasteiger partial charge in [0.2, 0.25) is 0 Å². The summed E-state index contributed by atoms with van der Waals surface area (Å²) < 4.78 is 6.02. The number of phenolic OH excluding ortho intramolecular Hbond substituents is 1. The lowest BCUT2D eigenvalue weighted by atomic mass is 9.50. The summed E-state index contributed by atoms with van der Waals surface area (Å²) in [6.07, 6.45) is 5.79. The highest BCUT2D eigenvalue weighted by Gasteiger charge is 2.71. The molecule has 1 saturated carbocycles. The number of benzene rings is 1. The first kappa shape index (κ1) is 14.5. The first-order valence-electron chi connectivity index (χ1n) is 8.66. The fraction of sp³-hybridized carbons (Fsp3) is 0.526. The van der Waals surface area contributed by atoms with Gasteiger partial charge in [-0.1, -0.05) is 18.2 Å². The molecule has 1 heterocycles. The lowest BCUT2D eigenvalue weighted by Crippen LogP contribution is -2.72. The van der Waals surface area contributed by atoms with Gasteiger partial charge in [0.15, 0.2) is 23.4 Å². The Hall–Kier alpha value is -1.85. The average Bonchev–Trinajstić information content (AvgIpc) is 2.92. The molecule has 3 aliphatic carbocycles. The average molecular weight is 327 g/mol. The van der Waals surface area contributed by atoms with Crippen molar-refractivity contribution in [3.8, 4) is 11.5 Å². The van der Waals surface area contributed by atoms with Crippen LogP contribution < -0.4 is 10.1 Å². The first-order chi connectivity index (χ1) is 11.5. The van der Waals surface area contributed by atoms with Crippen molar-refractivity contribution in [2.45, 2.75) is 48.8 Å². The summed E-state index contributed by atoms with van der Waals surface area (Å²) in [4.78, 5) is 12.9. The highest BCUT2D eigenvalue weighted by Crippen LogP contribution is 2.64. The van der Waals surface area contributed by atoms with Crippen molar-refractivity contribution in [3.63, 3.8) is 0 Å². The van der Waals surface area contributed by atoms with Crippen LogP contribution in [0, 0.1) is 5.92 Å². The van der Waals surface area contributed by atoms with Gasteiger partial charge in [-0.3, -0.25) is 4.79 Å². The van der Waals surface area contributed by atoms with Gasteiger partial charge in [-0.05, 0) is 43.9 Å². The Kier molecular flexibility index (Phi) is 2.66. The van der Waals surface area contributed by atoms with Gasteiger partial charge in [0.05, 0.1) is 5.41 Å². The smallest absolute Gasteiger partial charge is 0.174 e. The molecule has 0 aromatic heterocycles. The van der Waals surface area contributed by atoms with Gasteiger partial charge >= 0.3 is 0 Å². The number of hydrogen-bond donors (Lipinski definition) is 3. The molecule has 24 heavy (non-hydrogen) atoms. The van der Waals surface area contributed by atoms with Crippen molar-refractivity contribution in [3.05, 3.63) is 35.4 Å². The van der Waals surface area contributed by atoms with Crippen LogP contribution in [0.15, 0.2) is 24.3 Å². The summed E-state index contributed by atoms with van der Waals surface area (Å²) in [6.45, 7) is 0. The number of ketones is 1. The summed E-state index contributed by atoms with van der Waals surface area (Å²) in [7, 11) is 1.86. The van der Waals surface area contributed by atoms with Crippen LogP contribution in [0.25, 0.3) is 0 Å². The third kappa shape index (κ3) is 1.34. The Morgan fingerprint density at radius 3 is 3.00 bits per heavy atom. The zero-order valence-corrected chi connectivity index (χ0v) is 13.6. The van der Waals surface area contributed by atoms with E-state index >= 15 is 0 Å². The molecular formula is C19H21NO4. The zero-order valence-electron chi connectivity index (χ0n) is 13.6. The maximum absolute atomic E-state index is 12.9. The van der Waals surface area contributed by atoms with E-state index in [1.165, 1.54) is 0 Å². The van der Waals surface area contributed by atoms with Crippen molar-refractivity contribution in [2.75, 3.05) is 7.05 Å². The molecule has 4 aliphatic rings. The molecule has 0 amide bonds. The molecule has 3 N–H and O–H groups in total. The molecule has 0 radical (unpaired) electrons. The van der Waals surface area contributed by atoms with E-state index in [4.69, 9.17) is 4.74 Å². The molecule has 0 saturated heterocycles. The van der Waals surface area contributed by atoms with Crippen LogP contribution in [-0.4, -0.2) is 40.8 Å². The number of aromatic hydroxyl groups is 1. The van der Waals surface area contributed by atoms with Crippen molar-refractivity contribution in [1.29, 1.82) is 0 Å². The molecule has 1 aromatic carbocycles. The lowest BCUT2D eigenvalue weighted by Gasteiger charge is -2.56. The number of ether oxygens (including phenoxy) is 1. The van der Waals surface area contributed by atoms with Crippen LogP contribution in [0.2, 0.25) is 0 Å². The standard InChI is InChI=1S/C19H21NO4/c1-20-14-9-10-4-6-12(21)16-15(10)18-8-2-3-11(19(14,18)23)5-7-13(22)17(18)24-16/h2,4,6,8,11,14,17,20-21,23H,3,5,7,9H2,1H3/t11?,14-,17?,18+,19-/m1/s1. The van der Waals surface area contributed by atoms with E-state index in [0.29, 0.717) is 25.0 Å². The largest absolute Gasteiger partial charge is 0.504 e. The molecule has 1 aliphatic heterocycles. The summed E-state index contributed by atoms with van der Waals surface area (Å²) >= 11 is 0. The third-order valence-electron chi connectivity index (χ3n) is 6.71. The Bertz CT molecular complexity index is 788. The van der Waals surface area contributed by atoms with E-state index in [2.05, 4.69) is 11.4 Å². The number of carbonyl (C=O) groups excluding carboxylic acids is 1. The van der Waals surface area contributed by atoms with E-state index in [0.717, 1.165) is 17.5 Å². The molecular weight excluding hydrogens is 306 g/mol. The fourth-order valence-electron chi connectivity index (χ4n) is 5.72. The van der Waals surface area contributed by atoms with Gasteiger partial charge in [-0.25, -0.2) is 0 Å². The highest BCUT2D eigenvalue weighted by molar-refractivity contribution is 5.89. The highest BCUT2D eigenvalue weighted by atomic mass is 16.5. The normalized spacial score (nSPS) is 41.6. The fourth-order valence-corrected chi connectivity index (χ4v) is 5.72. The SMILES string of the molecule is CN[C@@H]1Cc2ccc(O)c3c2[C@@]24C=CCC(CCC(=O)C2O3)[C@@]14O. The van der Waals surface area contributed by atoms with Gasteiger partial charge in [-0.2, -0.15) is 0 Å². The van der Waals surface area contributed by atoms with Crippen LogP contribution in [0.4, 0.5) is 0 Å². The van der Waals surface area contributed by atoms with E-state index in [1.807, 2.05) is 19.2 Å². The minimum absolute atomic E-state index is 0.000973. The number of hydrogen-bond acceptors (Lipinski definition) is 5. The van der Waals surface area contributed by atoms with Crippen LogP contribution in [0.3, 0.4) is 0 Å². The molecule has 1 spiro atoms. The van der Waals surface area contributed by atoms with E-state index < -0.39 is 17.1 Å². The Morgan fingerprint density at radius 2 is 2.21 bits per heavy atom. The van der Waals surface area contributed by atoms with Crippen molar-refractivity contribution in [1.82, 2.24) is 5.32 Å². The van der Waals surface area contributed by atoms with Crippen LogP contribution in [0.5, 0.6) is 11.5 Å². The number of nitrogens with one attached hydrogen (secondary N) is 1. The molecule has 1 fully saturated rings. The number of phenols is 1. The van der Waals surface area contributed by atoms with Gasteiger partial charge in [-0.15, -0.1) is 0 Å². The second-order valence-electron chi connectivity index (χ2n) is 7.53. The quantitative estimate of drug-likeness (QED) is 0.676. The van der Waals surface area contributed by atoms with Crippen molar-refractivity contribution < 1.29 is 19.7 Å². The van der Waals surface area contributed by atoms with E-state index in [1.54, 1.807) is 6.07 Å². The molecule has 2 bridgehead atoms. The maximum Gasteiger partial charge on any atom is 0.174 e. The molecule has 5 rings (SSSR count). The predicted molar refractivity (Wildman–Crippen MR) is 87.2 cm³/mol. The summed E-state index contributed by atoms with van der Waals surface area (Å²) in [6, 6.07) is 3.36. The Balaban J connectivity index is 1.92. The van der Waals surface area contributed by atoms with Gasteiger partial charge in [0, 0.05) is 18.0 Å². The van der Waals surface area contributed by atoms with Crippen LogP contribution >= 0.6 is 0 Å². The zero-order chi connectivity index (χ0) is 16.7. The second-order valence-corrected chi connectivity index (χ2v) is 7.53. The first-order valence-corrected chi connectivity index (χ1v) is 8.66. The number of likely N-dealkylation sites (N-methyl/N-ethyl adjacent to an activating group) is 1. The Morgan fingerprint density at radius 1 is 1.38 bits per heavy atom. The van der Waals surface area contributed by atoms with Crippen LogP contribution in [0.1, 0.15) is 30.4 Å². The Labute approximate surface area is 140 Å².